The van der Waals surface area contributed by atoms with E-state index >= 15 is 0 Å². The summed E-state index contributed by atoms with van der Waals surface area (Å²) >= 11 is 0. The summed E-state index contributed by atoms with van der Waals surface area (Å²) < 4.78 is 0. The standard InChI is InChI=1S/C15H20N4/c1-11(2)18-10-12-6-4-5-7-13(12)15-17-9-8-14(16-3)19-15/h4-9,11,18H,10H2,1-3H3,(H,16,17,19). The molecule has 2 aromatic rings. The van der Waals surface area contributed by atoms with Crippen LogP contribution in [0.5, 0.6) is 0 Å². The van der Waals surface area contributed by atoms with Gasteiger partial charge >= 0.3 is 0 Å². The number of nitrogens with zero attached hydrogens (tertiary/aromatic N) is 2. The first kappa shape index (κ1) is 13.5. The van der Waals surface area contributed by atoms with Gasteiger partial charge < -0.3 is 10.6 Å². The summed E-state index contributed by atoms with van der Waals surface area (Å²) in [6, 6.07) is 10.6. The smallest absolute Gasteiger partial charge is 0.161 e. The van der Waals surface area contributed by atoms with Crippen LogP contribution in [0.1, 0.15) is 19.4 Å². The van der Waals surface area contributed by atoms with Gasteiger partial charge in [0.05, 0.1) is 0 Å². The number of anilines is 1. The van der Waals surface area contributed by atoms with Crippen LogP contribution in [0.4, 0.5) is 5.82 Å². The average Bonchev–Trinajstić information content (AvgIpc) is 2.45. The van der Waals surface area contributed by atoms with Gasteiger partial charge in [0.1, 0.15) is 5.82 Å². The normalized spacial score (nSPS) is 10.7. The van der Waals surface area contributed by atoms with Crippen molar-refractivity contribution in [2.24, 2.45) is 0 Å². The highest BCUT2D eigenvalue weighted by Crippen LogP contribution is 2.21. The lowest BCUT2D eigenvalue weighted by Crippen LogP contribution is -2.22. The van der Waals surface area contributed by atoms with Gasteiger partial charge in [-0.2, -0.15) is 0 Å². The predicted octanol–water partition coefficient (Wildman–Crippen LogP) is 2.68. The summed E-state index contributed by atoms with van der Waals surface area (Å²) in [6.45, 7) is 5.10. The minimum atomic E-state index is 0.456. The van der Waals surface area contributed by atoms with Gasteiger partial charge in [-0.05, 0) is 11.6 Å². The van der Waals surface area contributed by atoms with E-state index in [4.69, 9.17) is 0 Å². The van der Waals surface area contributed by atoms with E-state index in [1.807, 2.05) is 25.2 Å². The Morgan fingerprint density at radius 1 is 1.16 bits per heavy atom. The lowest BCUT2D eigenvalue weighted by Gasteiger charge is -2.12. The third-order valence-electron chi connectivity index (χ3n) is 2.87. The first-order chi connectivity index (χ1) is 9.20. The van der Waals surface area contributed by atoms with Crippen LogP contribution >= 0.6 is 0 Å². The Labute approximate surface area is 114 Å². The molecule has 0 saturated carbocycles. The summed E-state index contributed by atoms with van der Waals surface area (Å²) in [7, 11) is 1.86. The lowest BCUT2D eigenvalue weighted by atomic mass is 10.1. The molecule has 0 aliphatic rings. The Balaban J connectivity index is 2.32. The molecule has 1 aromatic heterocycles. The number of hydrogen-bond acceptors (Lipinski definition) is 4. The molecule has 19 heavy (non-hydrogen) atoms. The molecule has 0 amide bonds. The van der Waals surface area contributed by atoms with Crippen LogP contribution in [-0.2, 0) is 6.54 Å². The molecule has 0 radical (unpaired) electrons. The molecule has 100 valence electrons. The van der Waals surface area contributed by atoms with Crippen LogP contribution in [0.2, 0.25) is 0 Å². The van der Waals surface area contributed by atoms with Crippen LogP contribution in [-0.4, -0.2) is 23.1 Å². The Bertz CT molecular complexity index is 537. The van der Waals surface area contributed by atoms with Gasteiger partial charge in [0.2, 0.25) is 0 Å². The maximum absolute atomic E-state index is 4.50. The molecular weight excluding hydrogens is 236 g/mol. The van der Waals surface area contributed by atoms with Gasteiger partial charge in [-0.25, -0.2) is 9.97 Å². The zero-order chi connectivity index (χ0) is 13.7. The maximum Gasteiger partial charge on any atom is 0.161 e. The minimum absolute atomic E-state index is 0.456. The monoisotopic (exact) mass is 256 g/mol. The number of benzene rings is 1. The van der Waals surface area contributed by atoms with E-state index in [2.05, 4.69) is 46.6 Å². The van der Waals surface area contributed by atoms with E-state index in [1.165, 1.54) is 5.56 Å². The molecule has 0 bridgehead atoms. The van der Waals surface area contributed by atoms with E-state index in [1.54, 1.807) is 6.20 Å². The van der Waals surface area contributed by atoms with Crippen molar-refractivity contribution in [3.8, 4) is 11.4 Å². The fourth-order valence-electron chi connectivity index (χ4n) is 1.83. The van der Waals surface area contributed by atoms with Crippen LogP contribution < -0.4 is 10.6 Å². The fourth-order valence-corrected chi connectivity index (χ4v) is 1.83. The highest BCUT2D eigenvalue weighted by atomic mass is 15.0. The van der Waals surface area contributed by atoms with Crippen molar-refractivity contribution in [1.82, 2.24) is 15.3 Å². The molecule has 2 rings (SSSR count). The van der Waals surface area contributed by atoms with E-state index in [0.717, 1.165) is 23.8 Å². The van der Waals surface area contributed by atoms with Crippen LogP contribution in [0, 0.1) is 0 Å². The molecular formula is C15H20N4. The van der Waals surface area contributed by atoms with Gasteiger partial charge in [0, 0.05) is 31.4 Å². The van der Waals surface area contributed by atoms with Gasteiger partial charge in [0.15, 0.2) is 5.82 Å². The Kier molecular flexibility index (Phi) is 4.47. The number of aromatic nitrogens is 2. The molecule has 4 heteroatoms. The summed E-state index contributed by atoms with van der Waals surface area (Å²) in [6.07, 6.45) is 1.78. The molecule has 0 saturated heterocycles. The van der Waals surface area contributed by atoms with Crippen LogP contribution in [0.15, 0.2) is 36.5 Å². The SMILES string of the molecule is CNc1ccnc(-c2ccccc2CNC(C)C)n1. The summed E-state index contributed by atoms with van der Waals surface area (Å²) in [5.74, 6) is 1.59. The van der Waals surface area contributed by atoms with Gasteiger partial charge in [-0.1, -0.05) is 38.1 Å². The lowest BCUT2D eigenvalue weighted by molar-refractivity contribution is 0.589. The molecule has 0 spiro atoms. The van der Waals surface area contributed by atoms with E-state index in [9.17, 15) is 0 Å². The maximum atomic E-state index is 4.50. The van der Waals surface area contributed by atoms with Crippen molar-refractivity contribution >= 4 is 5.82 Å². The van der Waals surface area contributed by atoms with Crippen LogP contribution in [0.25, 0.3) is 11.4 Å². The quantitative estimate of drug-likeness (QED) is 0.863. The van der Waals surface area contributed by atoms with E-state index in [0.29, 0.717) is 6.04 Å². The Morgan fingerprint density at radius 3 is 2.68 bits per heavy atom. The molecule has 0 aliphatic carbocycles. The summed E-state index contributed by atoms with van der Waals surface area (Å²) in [5.41, 5.74) is 2.29. The predicted molar refractivity (Wildman–Crippen MR) is 79.0 cm³/mol. The fraction of sp³-hybridized carbons (Fsp3) is 0.333. The second-order valence-electron chi connectivity index (χ2n) is 4.71. The number of hydrogen-bond donors (Lipinski definition) is 2. The van der Waals surface area contributed by atoms with Crippen molar-refractivity contribution in [1.29, 1.82) is 0 Å². The molecule has 0 unspecified atom stereocenters. The van der Waals surface area contributed by atoms with Crippen molar-refractivity contribution < 1.29 is 0 Å². The Morgan fingerprint density at radius 2 is 1.95 bits per heavy atom. The highest BCUT2D eigenvalue weighted by Gasteiger charge is 2.08. The zero-order valence-electron chi connectivity index (χ0n) is 11.6. The second-order valence-corrected chi connectivity index (χ2v) is 4.71. The molecule has 1 aromatic carbocycles. The number of rotatable bonds is 5. The van der Waals surface area contributed by atoms with Crippen molar-refractivity contribution in [3.63, 3.8) is 0 Å². The molecule has 0 aliphatic heterocycles. The van der Waals surface area contributed by atoms with Gasteiger partial charge in [0.25, 0.3) is 0 Å². The van der Waals surface area contributed by atoms with Crippen LogP contribution in [0.3, 0.4) is 0 Å². The van der Waals surface area contributed by atoms with Crippen molar-refractivity contribution in [2.75, 3.05) is 12.4 Å². The van der Waals surface area contributed by atoms with Gasteiger partial charge in [-0.15, -0.1) is 0 Å². The third-order valence-corrected chi connectivity index (χ3v) is 2.87. The highest BCUT2D eigenvalue weighted by molar-refractivity contribution is 5.61. The summed E-state index contributed by atoms with van der Waals surface area (Å²) in [4.78, 5) is 8.87. The average molecular weight is 256 g/mol. The molecule has 2 N–H and O–H groups in total. The van der Waals surface area contributed by atoms with Crippen molar-refractivity contribution in [2.45, 2.75) is 26.4 Å². The molecule has 0 atom stereocenters. The second kappa shape index (κ2) is 6.29. The summed E-state index contributed by atoms with van der Waals surface area (Å²) in [5, 5.41) is 6.47. The third kappa shape index (κ3) is 3.51. The largest absolute Gasteiger partial charge is 0.373 e. The van der Waals surface area contributed by atoms with E-state index in [-0.39, 0.29) is 0 Å². The Hall–Kier alpha value is -1.94. The molecule has 0 fully saturated rings. The topological polar surface area (TPSA) is 49.8 Å². The first-order valence-electron chi connectivity index (χ1n) is 6.53. The van der Waals surface area contributed by atoms with Gasteiger partial charge in [-0.3, -0.25) is 0 Å². The minimum Gasteiger partial charge on any atom is -0.373 e. The first-order valence-corrected chi connectivity index (χ1v) is 6.53. The zero-order valence-corrected chi connectivity index (χ0v) is 11.6. The molecule has 4 nitrogen and oxygen atoms in total. The van der Waals surface area contributed by atoms with E-state index < -0.39 is 0 Å². The van der Waals surface area contributed by atoms with Crippen molar-refractivity contribution in [3.05, 3.63) is 42.1 Å². The number of nitrogens with one attached hydrogen (secondary N) is 2. The molecule has 1 heterocycles.